The maximum Gasteiger partial charge on any atom is 0.115 e. The second-order valence-electron chi connectivity index (χ2n) is 4.07. The molecule has 0 radical (unpaired) electrons. The van der Waals surface area contributed by atoms with Crippen LogP contribution in [0.2, 0.25) is 0 Å². The molecule has 1 aliphatic rings. The molecule has 1 fully saturated rings. The molecule has 0 aliphatic carbocycles. The highest BCUT2D eigenvalue weighted by Gasteiger charge is 2.40. The summed E-state index contributed by atoms with van der Waals surface area (Å²) in [6.45, 7) is 3.55. The average Bonchev–Trinajstić information content (AvgIpc) is 2.03. The molecule has 1 N–H and O–H groups in total. The first-order valence-corrected chi connectivity index (χ1v) is 4.58. The Bertz CT molecular complexity index is 298. The van der Waals surface area contributed by atoms with Crippen LogP contribution in [0.25, 0.3) is 0 Å². The van der Waals surface area contributed by atoms with Crippen LogP contribution < -0.4 is 0 Å². The fraction of sp³-hybridized carbons (Fsp3) is 0.455. The lowest BCUT2D eigenvalue weighted by Crippen LogP contribution is -2.57. The van der Waals surface area contributed by atoms with Gasteiger partial charge in [0.05, 0.1) is 0 Å². The van der Waals surface area contributed by atoms with Crippen LogP contribution in [0.5, 0.6) is 0 Å². The summed E-state index contributed by atoms with van der Waals surface area (Å²) in [7, 11) is 2.02. The van der Waals surface area contributed by atoms with Crippen LogP contribution in [0.4, 0.5) is 0 Å². The number of likely N-dealkylation sites (tertiary alicyclic amines) is 1. The lowest BCUT2D eigenvalue weighted by atomic mass is 9.86. The van der Waals surface area contributed by atoms with Gasteiger partial charge in [0.2, 0.25) is 0 Å². The van der Waals surface area contributed by atoms with Crippen molar-refractivity contribution in [1.29, 1.82) is 0 Å². The van der Waals surface area contributed by atoms with E-state index in [-0.39, 0.29) is 0 Å². The van der Waals surface area contributed by atoms with E-state index in [1.165, 1.54) is 5.56 Å². The summed E-state index contributed by atoms with van der Waals surface area (Å²) >= 11 is 0. The van der Waals surface area contributed by atoms with E-state index in [9.17, 15) is 5.11 Å². The van der Waals surface area contributed by atoms with Crippen LogP contribution in [0.15, 0.2) is 24.3 Å². The summed E-state index contributed by atoms with van der Waals surface area (Å²) < 4.78 is 0. The summed E-state index contributed by atoms with van der Waals surface area (Å²) in [6.07, 6.45) is 0. The summed E-state index contributed by atoms with van der Waals surface area (Å²) in [6, 6.07) is 8.13. The van der Waals surface area contributed by atoms with Crippen molar-refractivity contribution in [3.8, 4) is 0 Å². The topological polar surface area (TPSA) is 23.5 Å². The lowest BCUT2D eigenvalue weighted by molar-refractivity contribution is -0.0918. The van der Waals surface area contributed by atoms with Gasteiger partial charge in [0.25, 0.3) is 0 Å². The highest BCUT2D eigenvalue weighted by Crippen LogP contribution is 2.30. The van der Waals surface area contributed by atoms with Gasteiger partial charge in [-0.05, 0) is 19.5 Å². The van der Waals surface area contributed by atoms with E-state index in [4.69, 9.17) is 0 Å². The second-order valence-corrected chi connectivity index (χ2v) is 4.07. The van der Waals surface area contributed by atoms with Crippen LogP contribution in [0, 0.1) is 6.92 Å². The maximum atomic E-state index is 10.1. The summed E-state index contributed by atoms with van der Waals surface area (Å²) in [4.78, 5) is 2.11. The van der Waals surface area contributed by atoms with E-state index in [0.29, 0.717) is 0 Å². The number of rotatable bonds is 1. The molecule has 2 rings (SSSR count). The van der Waals surface area contributed by atoms with Crippen molar-refractivity contribution in [2.45, 2.75) is 12.5 Å². The van der Waals surface area contributed by atoms with Crippen LogP contribution in [-0.2, 0) is 5.60 Å². The Morgan fingerprint density at radius 1 is 1.23 bits per heavy atom. The van der Waals surface area contributed by atoms with Gasteiger partial charge in [-0.1, -0.05) is 29.8 Å². The maximum absolute atomic E-state index is 10.1. The van der Waals surface area contributed by atoms with Crippen LogP contribution in [-0.4, -0.2) is 30.1 Å². The molecule has 13 heavy (non-hydrogen) atoms. The number of nitrogens with zero attached hydrogens (tertiary/aromatic N) is 1. The van der Waals surface area contributed by atoms with Gasteiger partial charge in [0.15, 0.2) is 0 Å². The second kappa shape index (κ2) is 2.82. The Morgan fingerprint density at radius 3 is 2.23 bits per heavy atom. The van der Waals surface area contributed by atoms with Gasteiger partial charge in [-0.25, -0.2) is 0 Å². The molecule has 0 unspecified atom stereocenters. The van der Waals surface area contributed by atoms with Gasteiger partial charge in [-0.3, -0.25) is 4.90 Å². The molecule has 1 saturated heterocycles. The zero-order valence-electron chi connectivity index (χ0n) is 8.12. The summed E-state index contributed by atoms with van der Waals surface area (Å²) in [5, 5.41) is 10.1. The van der Waals surface area contributed by atoms with Crippen molar-refractivity contribution in [1.82, 2.24) is 4.90 Å². The highest BCUT2D eigenvalue weighted by molar-refractivity contribution is 5.29. The standard InChI is InChI=1S/C11H15NO/c1-9-3-5-10(6-4-9)11(13)7-12(2)8-11/h3-6,13H,7-8H2,1-2H3. The molecule has 1 heterocycles. The van der Waals surface area contributed by atoms with Gasteiger partial charge in [0.1, 0.15) is 5.60 Å². The number of benzene rings is 1. The normalized spacial score (nSPS) is 21.2. The quantitative estimate of drug-likeness (QED) is 0.695. The van der Waals surface area contributed by atoms with Crippen molar-refractivity contribution < 1.29 is 5.11 Å². The van der Waals surface area contributed by atoms with Crippen molar-refractivity contribution in [2.24, 2.45) is 0 Å². The number of likely N-dealkylation sites (N-methyl/N-ethyl adjacent to an activating group) is 1. The molecule has 2 nitrogen and oxygen atoms in total. The van der Waals surface area contributed by atoms with E-state index in [2.05, 4.69) is 11.8 Å². The molecule has 1 aromatic rings. The third-order valence-electron chi connectivity index (χ3n) is 2.65. The predicted octanol–water partition coefficient (Wildman–Crippen LogP) is 1.13. The van der Waals surface area contributed by atoms with Crippen molar-refractivity contribution in [3.05, 3.63) is 35.4 Å². The average molecular weight is 177 g/mol. The lowest BCUT2D eigenvalue weighted by Gasteiger charge is -2.44. The minimum absolute atomic E-state index is 0.595. The third-order valence-corrected chi connectivity index (χ3v) is 2.65. The fourth-order valence-electron chi connectivity index (χ4n) is 1.89. The molecule has 0 saturated carbocycles. The minimum Gasteiger partial charge on any atom is -0.382 e. The van der Waals surface area contributed by atoms with Gasteiger partial charge >= 0.3 is 0 Å². The SMILES string of the molecule is Cc1ccc(C2(O)CN(C)C2)cc1. The van der Waals surface area contributed by atoms with Crippen LogP contribution in [0.3, 0.4) is 0 Å². The van der Waals surface area contributed by atoms with Gasteiger partial charge < -0.3 is 5.11 Å². The molecular formula is C11H15NO. The zero-order valence-corrected chi connectivity index (χ0v) is 8.12. The predicted molar refractivity (Wildman–Crippen MR) is 52.6 cm³/mol. The number of hydrogen-bond donors (Lipinski definition) is 1. The van der Waals surface area contributed by atoms with E-state index >= 15 is 0 Å². The number of aryl methyl sites for hydroxylation is 1. The summed E-state index contributed by atoms with van der Waals surface area (Å²) in [5.74, 6) is 0. The molecule has 2 heteroatoms. The van der Waals surface area contributed by atoms with Crippen LogP contribution >= 0.6 is 0 Å². The van der Waals surface area contributed by atoms with E-state index < -0.39 is 5.60 Å². The van der Waals surface area contributed by atoms with Gasteiger partial charge in [-0.2, -0.15) is 0 Å². The van der Waals surface area contributed by atoms with Crippen LogP contribution in [0.1, 0.15) is 11.1 Å². The first kappa shape index (κ1) is 8.73. The third kappa shape index (κ3) is 1.47. The Hall–Kier alpha value is -0.860. The number of aliphatic hydroxyl groups is 1. The van der Waals surface area contributed by atoms with E-state index in [1.807, 2.05) is 31.3 Å². The number of hydrogen-bond acceptors (Lipinski definition) is 2. The number of β-amino-alcohol motifs (C(OH)–C–C–N with tert-alkyl or cyclic N) is 1. The Morgan fingerprint density at radius 2 is 1.77 bits per heavy atom. The molecule has 0 amide bonds. The molecule has 1 aliphatic heterocycles. The molecule has 0 spiro atoms. The molecular weight excluding hydrogens is 162 g/mol. The van der Waals surface area contributed by atoms with Gasteiger partial charge in [-0.15, -0.1) is 0 Å². The Labute approximate surface area is 78.8 Å². The molecule has 0 bridgehead atoms. The largest absolute Gasteiger partial charge is 0.382 e. The smallest absolute Gasteiger partial charge is 0.115 e. The first-order chi connectivity index (χ1) is 6.10. The summed E-state index contributed by atoms with van der Waals surface area (Å²) in [5.41, 5.74) is 1.68. The first-order valence-electron chi connectivity index (χ1n) is 4.58. The van der Waals surface area contributed by atoms with E-state index in [0.717, 1.165) is 18.7 Å². The van der Waals surface area contributed by atoms with E-state index in [1.54, 1.807) is 0 Å². The molecule has 0 atom stereocenters. The Kier molecular flexibility index (Phi) is 1.90. The highest BCUT2D eigenvalue weighted by atomic mass is 16.3. The zero-order chi connectivity index (χ0) is 9.47. The Balaban J connectivity index is 2.22. The monoisotopic (exact) mass is 177 g/mol. The van der Waals surface area contributed by atoms with Crippen molar-refractivity contribution in [2.75, 3.05) is 20.1 Å². The van der Waals surface area contributed by atoms with Crippen molar-refractivity contribution >= 4 is 0 Å². The minimum atomic E-state index is -0.595. The molecule has 70 valence electrons. The molecule has 1 aromatic carbocycles. The van der Waals surface area contributed by atoms with Crippen molar-refractivity contribution in [3.63, 3.8) is 0 Å². The van der Waals surface area contributed by atoms with Gasteiger partial charge in [0, 0.05) is 13.1 Å². The fourth-order valence-corrected chi connectivity index (χ4v) is 1.89. The molecule has 0 aromatic heterocycles.